The van der Waals surface area contributed by atoms with E-state index in [2.05, 4.69) is 26.8 Å². The average molecular weight is 423 g/mol. The number of hydrogen-bond donors (Lipinski definition) is 2. The number of allylic oxidation sites excluding steroid dienone is 4. The average Bonchev–Trinajstić information content (AvgIpc) is 2.72. The summed E-state index contributed by atoms with van der Waals surface area (Å²) in [6.07, 6.45) is 6.15. The Kier molecular flexibility index (Phi) is 7.06. The van der Waals surface area contributed by atoms with Crippen LogP contribution in [0.1, 0.15) is 67.6 Å². The van der Waals surface area contributed by atoms with Gasteiger partial charge in [0.15, 0.2) is 5.78 Å². The number of phenols is 2. The van der Waals surface area contributed by atoms with Crippen LogP contribution in [0, 0.1) is 0 Å². The van der Waals surface area contributed by atoms with Crippen molar-refractivity contribution in [1.29, 1.82) is 0 Å². The zero-order chi connectivity index (χ0) is 22.5. The van der Waals surface area contributed by atoms with Crippen molar-refractivity contribution in [3.63, 3.8) is 0 Å². The van der Waals surface area contributed by atoms with Crippen LogP contribution in [-0.4, -0.2) is 23.1 Å². The molecular formula is C26H30O5. The number of ether oxygens (including phenoxy) is 2. The molecule has 0 saturated carbocycles. The molecule has 5 heteroatoms. The fourth-order valence-corrected chi connectivity index (χ4v) is 3.69. The lowest BCUT2D eigenvalue weighted by atomic mass is 9.92. The van der Waals surface area contributed by atoms with Crippen LogP contribution >= 0.6 is 0 Å². The van der Waals surface area contributed by atoms with Gasteiger partial charge in [0.05, 0.1) is 13.5 Å². The second-order valence-electron chi connectivity index (χ2n) is 8.18. The van der Waals surface area contributed by atoms with Gasteiger partial charge in [-0.05, 0) is 57.7 Å². The van der Waals surface area contributed by atoms with E-state index in [1.165, 1.54) is 17.2 Å². The molecule has 0 aliphatic carbocycles. The molecule has 0 radical (unpaired) electrons. The summed E-state index contributed by atoms with van der Waals surface area (Å²) in [5.74, 6) is 0.454. The first-order valence-electron chi connectivity index (χ1n) is 10.5. The molecule has 0 saturated heterocycles. The Morgan fingerprint density at radius 1 is 1.13 bits per heavy atom. The van der Waals surface area contributed by atoms with Gasteiger partial charge in [-0.2, -0.15) is 0 Å². The van der Waals surface area contributed by atoms with Crippen molar-refractivity contribution in [3.8, 4) is 23.0 Å². The Morgan fingerprint density at radius 3 is 2.48 bits per heavy atom. The lowest BCUT2D eigenvalue weighted by Crippen LogP contribution is -2.21. The lowest BCUT2D eigenvalue weighted by molar-refractivity contribution is 0.0842. The van der Waals surface area contributed by atoms with Crippen molar-refractivity contribution in [3.05, 3.63) is 70.3 Å². The van der Waals surface area contributed by atoms with Crippen molar-refractivity contribution < 1.29 is 24.5 Å². The van der Waals surface area contributed by atoms with Gasteiger partial charge in [-0.3, -0.25) is 4.79 Å². The molecule has 2 aromatic rings. The molecule has 0 aromatic heterocycles. The second kappa shape index (κ2) is 9.73. The molecule has 0 amide bonds. The normalized spacial score (nSPS) is 15.8. The molecule has 2 N–H and O–H groups in total. The standard InChI is InChI=1S/C26H30O5/c1-16(2)6-5-7-17(3)8-13-20-21(27)14-22(28)25-23(29)15-24(31-26(20)25)18-9-11-19(30-4)12-10-18/h6,8-12,14,24,27-28H,5,7,13,15H2,1-4H3. The van der Waals surface area contributed by atoms with Crippen LogP contribution in [0.2, 0.25) is 0 Å². The van der Waals surface area contributed by atoms with Crippen molar-refractivity contribution in [2.24, 2.45) is 0 Å². The summed E-state index contributed by atoms with van der Waals surface area (Å²) in [6, 6.07) is 8.58. The van der Waals surface area contributed by atoms with Crippen molar-refractivity contribution in [2.75, 3.05) is 7.11 Å². The highest BCUT2D eigenvalue weighted by Gasteiger charge is 2.33. The van der Waals surface area contributed by atoms with E-state index in [1.807, 2.05) is 30.3 Å². The van der Waals surface area contributed by atoms with Gasteiger partial charge in [-0.15, -0.1) is 0 Å². The van der Waals surface area contributed by atoms with Gasteiger partial charge in [0.25, 0.3) is 0 Å². The number of benzene rings is 2. The van der Waals surface area contributed by atoms with Gasteiger partial charge in [0.2, 0.25) is 0 Å². The van der Waals surface area contributed by atoms with E-state index >= 15 is 0 Å². The number of ketones is 1. The number of carbonyl (C=O) groups is 1. The van der Waals surface area contributed by atoms with Gasteiger partial charge in [-0.1, -0.05) is 35.4 Å². The Morgan fingerprint density at radius 2 is 1.84 bits per heavy atom. The van der Waals surface area contributed by atoms with Gasteiger partial charge >= 0.3 is 0 Å². The summed E-state index contributed by atoms with van der Waals surface area (Å²) in [5, 5.41) is 20.8. The molecule has 1 aliphatic heterocycles. The lowest BCUT2D eigenvalue weighted by Gasteiger charge is -2.28. The molecular weight excluding hydrogens is 392 g/mol. The highest BCUT2D eigenvalue weighted by molar-refractivity contribution is 6.03. The molecule has 1 heterocycles. The molecule has 2 aromatic carbocycles. The summed E-state index contributed by atoms with van der Waals surface area (Å²) in [5.41, 5.74) is 3.97. The molecule has 164 valence electrons. The highest BCUT2D eigenvalue weighted by atomic mass is 16.5. The molecule has 0 fully saturated rings. The maximum Gasteiger partial charge on any atom is 0.174 e. The summed E-state index contributed by atoms with van der Waals surface area (Å²) >= 11 is 0. The van der Waals surface area contributed by atoms with Crippen LogP contribution in [0.25, 0.3) is 0 Å². The van der Waals surface area contributed by atoms with E-state index in [1.54, 1.807) is 7.11 Å². The molecule has 0 bridgehead atoms. The fourth-order valence-electron chi connectivity index (χ4n) is 3.69. The van der Waals surface area contributed by atoms with Gasteiger partial charge in [-0.25, -0.2) is 0 Å². The third kappa shape index (κ3) is 5.29. The maximum absolute atomic E-state index is 12.9. The topological polar surface area (TPSA) is 76.0 Å². The van der Waals surface area contributed by atoms with Gasteiger partial charge < -0.3 is 19.7 Å². The molecule has 1 unspecified atom stereocenters. The Hall–Kier alpha value is -3.21. The summed E-state index contributed by atoms with van der Waals surface area (Å²) < 4.78 is 11.4. The fraction of sp³-hybridized carbons (Fsp3) is 0.346. The minimum atomic E-state index is -0.492. The Bertz CT molecular complexity index is 1010. The van der Waals surface area contributed by atoms with E-state index in [4.69, 9.17) is 9.47 Å². The molecule has 5 nitrogen and oxygen atoms in total. The van der Waals surface area contributed by atoms with Crippen LogP contribution < -0.4 is 9.47 Å². The zero-order valence-corrected chi connectivity index (χ0v) is 18.6. The first kappa shape index (κ1) is 22.5. The predicted octanol–water partition coefficient (Wildman–Crippen LogP) is 6.05. The highest BCUT2D eigenvalue weighted by Crippen LogP contribution is 2.45. The van der Waals surface area contributed by atoms with Gasteiger partial charge in [0.1, 0.15) is 34.7 Å². The third-order valence-electron chi connectivity index (χ3n) is 5.48. The van der Waals surface area contributed by atoms with Crippen LogP contribution in [0.5, 0.6) is 23.0 Å². The molecule has 3 rings (SSSR count). The molecule has 1 aliphatic rings. The second-order valence-corrected chi connectivity index (χ2v) is 8.18. The molecule has 1 atom stereocenters. The Labute approximate surface area is 183 Å². The number of aromatic hydroxyl groups is 2. The van der Waals surface area contributed by atoms with Crippen LogP contribution in [0.3, 0.4) is 0 Å². The van der Waals surface area contributed by atoms with Crippen LogP contribution in [0.4, 0.5) is 0 Å². The van der Waals surface area contributed by atoms with Crippen LogP contribution in [0.15, 0.2) is 53.6 Å². The summed E-state index contributed by atoms with van der Waals surface area (Å²) in [4.78, 5) is 12.9. The molecule has 31 heavy (non-hydrogen) atoms. The first-order chi connectivity index (χ1) is 14.8. The van der Waals surface area contributed by atoms with E-state index in [9.17, 15) is 15.0 Å². The SMILES string of the molecule is COc1ccc(C2CC(=O)c3c(O)cc(O)c(CC=C(C)CCC=C(C)C)c3O2)cc1. The number of phenolic OH excluding ortho intramolecular Hbond substituents is 2. The van der Waals surface area contributed by atoms with Crippen molar-refractivity contribution in [2.45, 2.75) is 52.6 Å². The van der Waals surface area contributed by atoms with E-state index in [-0.39, 0.29) is 35.0 Å². The number of carbonyl (C=O) groups excluding carboxylic acids is 1. The quantitative estimate of drug-likeness (QED) is 0.531. The minimum Gasteiger partial charge on any atom is -0.507 e. The van der Waals surface area contributed by atoms with Crippen molar-refractivity contribution in [1.82, 2.24) is 0 Å². The van der Waals surface area contributed by atoms with Crippen molar-refractivity contribution >= 4 is 5.78 Å². The van der Waals surface area contributed by atoms with E-state index < -0.39 is 6.10 Å². The maximum atomic E-state index is 12.9. The largest absolute Gasteiger partial charge is 0.507 e. The number of rotatable bonds is 7. The van der Waals surface area contributed by atoms with E-state index in [0.29, 0.717) is 12.0 Å². The zero-order valence-electron chi connectivity index (χ0n) is 18.6. The number of hydrogen-bond acceptors (Lipinski definition) is 5. The third-order valence-corrected chi connectivity index (χ3v) is 5.48. The van der Waals surface area contributed by atoms with E-state index in [0.717, 1.165) is 24.2 Å². The number of fused-ring (bicyclic) bond motifs is 1. The number of Topliss-reactive ketones (excluding diaryl/α,β-unsaturated/α-hetero) is 1. The van der Waals surface area contributed by atoms with Gasteiger partial charge in [0, 0.05) is 11.6 Å². The predicted molar refractivity (Wildman–Crippen MR) is 121 cm³/mol. The Balaban J connectivity index is 1.90. The minimum absolute atomic E-state index is 0.0761. The summed E-state index contributed by atoms with van der Waals surface area (Å²) in [6.45, 7) is 6.20. The van der Waals surface area contributed by atoms with Crippen LogP contribution in [-0.2, 0) is 6.42 Å². The summed E-state index contributed by atoms with van der Waals surface area (Å²) in [7, 11) is 1.60. The first-order valence-corrected chi connectivity index (χ1v) is 10.5. The smallest absolute Gasteiger partial charge is 0.174 e. The monoisotopic (exact) mass is 422 g/mol. The number of methoxy groups -OCH3 is 1. The molecule has 0 spiro atoms.